The molecule has 0 atom stereocenters. The van der Waals surface area contributed by atoms with E-state index in [9.17, 15) is 9.18 Å². The summed E-state index contributed by atoms with van der Waals surface area (Å²) >= 11 is 0. The molecule has 0 aliphatic carbocycles. The van der Waals surface area contributed by atoms with Crippen LogP contribution in [0.3, 0.4) is 0 Å². The van der Waals surface area contributed by atoms with Gasteiger partial charge < -0.3 is 24.7 Å². The SMILES string of the molecule is CCOc1nc(N2CCCNCC2)ncc1C(=O)Nc1cc(F)c2nc(C)cn2c1. The van der Waals surface area contributed by atoms with Gasteiger partial charge >= 0.3 is 0 Å². The number of carbonyl (C=O) groups is 1. The summed E-state index contributed by atoms with van der Waals surface area (Å²) in [4.78, 5) is 27.9. The highest BCUT2D eigenvalue weighted by Gasteiger charge is 2.20. The summed E-state index contributed by atoms with van der Waals surface area (Å²) in [5.41, 5.74) is 1.38. The van der Waals surface area contributed by atoms with Gasteiger partial charge in [0.05, 0.1) is 18.0 Å². The standard InChI is InChI=1S/C20H24FN7O2/c1-3-30-19-15(10-23-20(26-19)27-7-4-5-22-6-8-27)18(29)25-14-9-16(21)17-24-13(2)11-28(17)12-14/h9-12,22H,3-8H2,1-2H3,(H,25,29). The van der Waals surface area contributed by atoms with E-state index in [0.717, 1.165) is 32.6 Å². The summed E-state index contributed by atoms with van der Waals surface area (Å²) in [7, 11) is 0. The molecule has 0 saturated carbocycles. The number of amides is 1. The molecule has 4 rings (SSSR count). The van der Waals surface area contributed by atoms with Crippen LogP contribution in [0.4, 0.5) is 16.0 Å². The number of rotatable bonds is 5. The Kier molecular flexibility index (Phi) is 5.75. The summed E-state index contributed by atoms with van der Waals surface area (Å²) < 4.78 is 21.5. The summed E-state index contributed by atoms with van der Waals surface area (Å²) in [5.74, 6) is -0.261. The van der Waals surface area contributed by atoms with Crippen molar-refractivity contribution in [1.29, 1.82) is 0 Å². The molecule has 158 valence electrons. The summed E-state index contributed by atoms with van der Waals surface area (Å²) in [5, 5.41) is 6.03. The van der Waals surface area contributed by atoms with E-state index in [1.807, 2.05) is 6.92 Å². The second-order valence-corrected chi connectivity index (χ2v) is 7.06. The Balaban J connectivity index is 1.59. The van der Waals surface area contributed by atoms with Gasteiger partial charge in [-0.15, -0.1) is 0 Å². The minimum Gasteiger partial charge on any atom is -0.477 e. The fourth-order valence-corrected chi connectivity index (χ4v) is 3.40. The van der Waals surface area contributed by atoms with E-state index in [2.05, 4.69) is 30.5 Å². The lowest BCUT2D eigenvalue weighted by molar-refractivity contribution is 0.102. The maximum atomic E-state index is 14.3. The quantitative estimate of drug-likeness (QED) is 0.661. The molecule has 3 aromatic heterocycles. The molecule has 30 heavy (non-hydrogen) atoms. The molecule has 9 nitrogen and oxygen atoms in total. The van der Waals surface area contributed by atoms with E-state index in [-0.39, 0.29) is 17.1 Å². The van der Waals surface area contributed by atoms with Crippen LogP contribution < -0.4 is 20.3 Å². The first-order valence-corrected chi connectivity index (χ1v) is 9.97. The molecule has 1 amide bonds. The van der Waals surface area contributed by atoms with Crippen LogP contribution in [-0.2, 0) is 0 Å². The zero-order valence-corrected chi connectivity index (χ0v) is 17.0. The van der Waals surface area contributed by atoms with Crippen molar-refractivity contribution >= 4 is 23.2 Å². The fraction of sp³-hybridized carbons (Fsp3) is 0.400. The second kappa shape index (κ2) is 8.62. The molecule has 1 saturated heterocycles. The van der Waals surface area contributed by atoms with E-state index >= 15 is 0 Å². The topological polar surface area (TPSA) is 96.7 Å². The molecule has 0 spiro atoms. The molecule has 1 aliphatic rings. The number of ether oxygens (including phenoxy) is 1. The number of carbonyl (C=O) groups excluding carboxylic acids is 1. The van der Waals surface area contributed by atoms with Crippen LogP contribution in [0, 0.1) is 12.7 Å². The molecule has 0 unspecified atom stereocenters. The number of nitrogens with one attached hydrogen (secondary N) is 2. The summed E-state index contributed by atoms with van der Waals surface area (Å²) in [6, 6.07) is 1.24. The van der Waals surface area contributed by atoms with Crippen LogP contribution in [0.2, 0.25) is 0 Å². The Morgan fingerprint density at radius 1 is 1.30 bits per heavy atom. The van der Waals surface area contributed by atoms with Gasteiger partial charge in [-0.1, -0.05) is 0 Å². The number of hydrogen-bond acceptors (Lipinski definition) is 7. The number of pyridine rings is 1. The van der Waals surface area contributed by atoms with Crippen LogP contribution in [0.1, 0.15) is 29.4 Å². The van der Waals surface area contributed by atoms with Crippen molar-refractivity contribution in [2.45, 2.75) is 20.3 Å². The molecule has 1 fully saturated rings. The first-order valence-electron chi connectivity index (χ1n) is 9.97. The normalized spacial score (nSPS) is 14.6. The molecule has 3 aromatic rings. The van der Waals surface area contributed by atoms with Crippen LogP contribution in [0.15, 0.2) is 24.7 Å². The van der Waals surface area contributed by atoms with Crippen molar-refractivity contribution in [1.82, 2.24) is 24.7 Å². The number of anilines is 2. The number of halogens is 1. The van der Waals surface area contributed by atoms with Crippen LogP contribution in [-0.4, -0.2) is 58.0 Å². The van der Waals surface area contributed by atoms with Crippen molar-refractivity contribution in [3.05, 3.63) is 41.7 Å². The first-order chi connectivity index (χ1) is 14.5. The Labute approximate surface area is 173 Å². The number of nitrogens with zero attached hydrogens (tertiary/aromatic N) is 5. The Morgan fingerprint density at radius 3 is 3.00 bits per heavy atom. The lowest BCUT2D eigenvalue weighted by Crippen LogP contribution is -2.30. The van der Waals surface area contributed by atoms with Crippen molar-refractivity contribution in [2.75, 3.05) is 43.0 Å². The minimum absolute atomic E-state index is 0.191. The molecule has 2 N–H and O–H groups in total. The van der Waals surface area contributed by atoms with Gasteiger partial charge in [-0.3, -0.25) is 4.79 Å². The molecular formula is C20H24FN7O2. The van der Waals surface area contributed by atoms with Gasteiger partial charge in [0.2, 0.25) is 11.8 Å². The second-order valence-electron chi connectivity index (χ2n) is 7.06. The molecule has 0 bridgehead atoms. The van der Waals surface area contributed by atoms with Crippen LogP contribution >= 0.6 is 0 Å². The Bertz CT molecular complexity index is 1060. The zero-order valence-electron chi connectivity index (χ0n) is 17.0. The van der Waals surface area contributed by atoms with Crippen molar-refractivity contribution in [3.63, 3.8) is 0 Å². The van der Waals surface area contributed by atoms with Crippen molar-refractivity contribution in [2.24, 2.45) is 0 Å². The van der Waals surface area contributed by atoms with Gasteiger partial charge in [-0.25, -0.2) is 14.4 Å². The van der Waals surface area contributed by atoms with Gasteiger partial charge in [0.1, 0.15) is 5.56 Å². The average Bonchev–Trinajstić information content (AvgIpc) is 2.91. The predicted octanol–water partition coefficient (Wildman–Crippen LogP) is 2.02. The van der Waals surface area contributed by atoms with Gasteiger partial charge in [-0.05, 0) is 26.8 Å². The maximum Gasteiger partial charge on any atom is 0.262 e. The van der Waals surface area contributed by atoms with Gasteiger partial charge in [0.15, 0.2) is 11.5 Å². The third-order valence-electron chi connectivity index (χ3n) is 4.77. The molecule has 10 heteroatoms. The maximum absolute atomic E-state index is 14.3. The zero-order chi connectivity index (χ0) is 21.1. The van der Waals surface area contributed by atoms with E-state index < -0.39 is 11.7 Å². The minimum atomic E-state index is -0.521. The summed E-state index contributed by atoms with van der Waals surface area (Å²) in [6.45, 7) is 7.36. The van der Waals surface area contributed by atoms with Gasteiger partial charge in [0.25, 0.3) is 5.91 Å². The van der Waals surface area contributed by atoms with Crippen molar-refractivity contribution < 1.29 is 13.9 Å². The highest BCUT2D eigenvalue weighted by Crippen LogP contribution is 2.22. The molecular weight excluding hydrogens is 389 g/mol. The van der Waals surface area contributed by atoms with E-state index in [1.165, 1.54) is 16.7 Å². The molecule has 0 aromatic carbocycles. The predicted molar refractivity (Wildman–Crippen MR) is 111 cm³/mol. The first kappa shape index (κ1) is 20.0. The lowest BCUT2D eigenvalue weighted by Gasteiger charge is -2.20. The number of imidazole rings is 1. The number of hydrogen-bond donors (Lipinski definition) is 2. The largest absolute Gasteiger partial charge is 0.477 e. The average molecular weight is 413 g/mol. The van der Waals surface area contributed by atoms with Gasteiger partial charge in [-0.2, -0.15) is 4.98 Å². The molecule has 0 radical (unpaired) electrons. The molecule has 4 heterocycles. The van der Waals surface area contributed by atoms with E-state index in [4.69, 9.17) is 4.74 Å². The molecule has 1 aliphatic heterocycles. The fourth-order valence-electron chi connectivity index (χ4n) is 3.40. The van der Waals surface area contributed by atoms with Crippen LogP contribution in [0.25, 0.3) is 5.65 Å². The Morgan fingerprint density at radius 2 is 2.17 bits per heavy atom. The highest BCUT2D eigenvalue weighted by molar-refractivity contribution is 6.05. The smallest absolute Gasteiger partial charge is 0.262 e. The highest BCUT2D eigenvalue weighted by atomic mass is 19.1. The lowest BCUT2D eigenvalue weighted by atomic mass is 10.3. The number of fused-ring (bicyclic) bond motifs is 1. The Hall–Kier alpha value is -3.27. The monoisotopic (exact) mass is 413 g/mol. The third-order valence-corrected chi connectivity index (χ3v) is 4.77. The number of aromatic nitrogens is 4. The third kappa shape index (κ3) is 4.18. The van der Waals surface area contributed by atoms with E-state index in [1.54, 1.807) is 19.3 Å². The number of aryl methyl sites for hydroxylation is 1. The summed E-state index contributed by atoms with van der Waals surface area (Å²) in [6.07, 6.45) is 5.73. The van der Waals surface area contributed by atoms with Crippen LogP contribution in [0.5, 0.6) is 5.88 Å². The van der Waals surface area contributed by atoms with E-state index in [0.29, 0.717) is 23.9 Å². The van der Waals surface area contributed by atoms with Gasteiger partial charge in [0, 0.05) is 44.3 Å². The van der Waals surface area contributed by atoms with Crippen molar-refractivity contribution in [3.8, 4) is 5.88 Å².